The summed E-state index contributed by atoms with van der Waals surface area (Å²) in [6.07, 6.45) is 2.38. The first-order chi connectivity index (χ1) is 10.1. The van der Waals surface area contributed by atoms with Crippen LogP contribution in [-0.4, -0.2) is 24.0 Å². The van der Waals surface area contributed by atoms with E-state index in [0.29, 0.717) is 15.7 Å². The molecule has 1 fully saturated rings. The van der Waals surface area contributed by atoms with Gasteiger partial charge in [0.2, 0.25) is 5.91 Å². The Balaban J connectivity index is 1.65. The van der Waals surface area contributed by atoms with Crippen molar-refractivity contribution >= 4 is 28.3 Å². The minimum Gasteiger partial charge on any atom is -0.469 e. The van der Waals surface area contributed by atoms with Crippen molar-refractivity contribution in [3.63, 3.8) is 0 Å². The Morgan fingerprint density at radius 3 is 3.00 bits per heavy atom. The van der Waals surface area contributed by atoms with Gasteiger partial charge in [-0.1, -0.05) is 11.3 Å². The van der Waals surface area contributed by atoms with E-state index in [4.69, 9.17) is 4.42 Å². The summed E-state index contributed by atoms with van der Waals surface area (Å²) < 4.78 is 9.97. The van der Waals surface area contributed by atoms with Gasteiger partial charge in [-0.3, -0.25) is 4.79 Å². The average Bonchev–Trinajstić information content (AvgIpc) is 2.91. The van der Waals surface area contributed by atoms with Gasteiger partial charge in [0.05, 0.1) is 19.1 Å². The summed E-state index contributed by atoms with van der Waals surface area (Å²) in [7, 11) is 1.32. The molecule has 1 aliphatic rings. The Kier molecular flexibility index (Phi) is 3.50. The summed E-state index contributed by atoms with van der Waals surface area (Å²) in [6, 6.07) is 3.69. The van der Waals surface area contributed by atoms with E-state index >= 15 is 0 Å². The fraction of sp³-hybridized carbons (Fsp3) is 0.357. The predicted molar refractivity (Wildman–Crippen MR) is 76.4 cm³/mol. The number of furan rings is 1. The van der Waals surface area contributed by atoms with Gasteiger partial charge in [-0.25, -0.2) is 9.78 Å². The number of hydrogen-bond acceptors (Lipinski definition) is 6. The third kappa shape index (κ3) is 2.69. The number of carbonyl (C=O) groups is 2. The van der Waals surface area contributed by atoms with E-state index in [9.17, 15) is 9.59 Å². The first-order valence-corrected chi connectivity index (χ1v) is 7.31. The van der Waals surface area contributed by atoms with Gasteiger partial charge in [0.25, 0.3) is 0 Å². The Morgan fingerprint density at radius 2 is 2.33 bits per heavy atom. The van der Waals surface area contributed by atoms with E-state index in [1.54, 1.807) is 13.2 Å². The molecule has 2 aromatic heterocycles. The summed E-state index contributed by atoms with van der Waals surface area (Å²) in [5.74, 6) is 0.343. The minimum absolute atomic E-state index is 0.0954. The molecule has 0 bridgehead atoms. The molecule has 21 heavy (non-hydrogen) atoms. The highest BCUT2D eigenvalue weighted by molar-refractivity contribution is 7.17. The van der Waals surface area contributed by atoms with Crippen LogP contribution in [0.25, 0.3) is 0 Å². The van der Waals surface area contributed by atoms with Crippen LogP contribution in [0, 0.1) is 12.8 Å². The molecule has 1 N–H and O–H groups in total. The third-order valence-electron chi connectivity index (χ3n) is 3.43. The van der Waals surface area contributed by atoms with Gasteiger partial charge in [0.1, 0.15) is 10.6 Å². The number of methoxy groups -OCH3 is 1. The van der Waals surface area contributed by atoms with Crippen LogP contribution in [0.4, 0.5) is 5.13 Å². The van der Waals surface area contributed by atoms with Crippen molar-refractivity contribution < 1.29 is 18.7 Å². The number of carbonyl (C=O) groups excluding carboxylic acids is 2. The van der Waals surface area contributed by atoms with Crippen LogP contribution in [0.2, 0.25) is 0 Å². The molecular formula is C14H14N2O4S. The van der Waals surface area contributed by atoms with Crippen molar-refractivity contribution in [3.05, 3.63) is 34.7 Å². The van der Waals surface area contributed by atoms with Crippen LogP contribution in [-0.2, 0) is 9.53 Å². The molecule has 2 aromatic rings. The highest BCUT2D eigenvalue weighted by Crippen LogP contribution is 2.48. The molecule has 1 saturated carbocycles. The second kappa shape index (κ2) is 5.33. The van der Waals surface area contributed by atoms with E-state index < -0.39 is 5.97 Å². The lowest BCUT2D eigenvalue weighted by Crippen LogP contribution is -2.14. The van der Waals surface area contributed by atoms with Crippen LogP contribution in [0.1, 0.15) is 33.5 Å². The van der Waals surface area contributed by atoms with Gasteiger partial charge in [-0.2, -0.15) is 0 Å². The molecule has 1 aliphatic carbocycles. The highest BCUT2D eigenvalue weighted by Gasteiger charge is 2.46. The van der Waals surface area contributed by atoms with Gasteiger partial charge in [-0.15, -0.1) is 0 Å². The first kappa shape index (κ1) is 13.8. The zero-order valence-electron chi connectivity index (χ0n) is 11.6. The summed E-state index contributed by atoms with van der Waals surface area (Å²) in [4.78, 5) is 28.2. The lowest BCUT2D eigenvalue weighted by atomic mass is 10.2. The van der Waals surface area contributed by atoms with Gasteiger partial charge in [0, 0.05) is 11.8 Å². The number of aromatic nitrogens is 1. The zero-order chi connectivity index (χ0) is 15.0. The van der Waals surface area contributed by atoms with Crippen LogP contribution in [0.15, 0.2) is 22.8 Å². The largest absolute Gasteiger partial charge is 0.469 e. The normalized spacial score (nSPS) is 20.1. The van der Waals surface area contributed by atoms with Crippen molar-refractivity contribution in [2.24, 2.45) is 5.92 Å². The van der Waals surface area contributed by atoms with Crippen LogP contribution >= 0.6 is 11.3 Å². The minimum atomic E-state index is -0.439. The van der Waals surface area contributed by atoms with E-state index in [0.717, 1.165) is 23.5 Å². The van der Waals surface area contributed by atoms with E-state index in [2.05, 4.69) is 15.0 Å². The fourth-order valence-corrected chi connectivity index (χ4v) is 3.12. The number of ether oxygens (including phenoxy) is 1. The molecule has 0 unspecified atom stereocenters. The van der Waals surface area contributed by atoms with Gasteiger partial charge in [-0.05, 0) is 25.5 Å². The number of nitrogens with zero attached hydrogens (tertiary/aromatic N) is 1. The molecule has 7 heteroatoms. The average molecular weight is 306 g/mol. The molecule has 0 saturated heterocycles. The Morgan fingerprint density at radius 1 is 1.52 bits per heavy atom. The molecule has 1 amide bonds. The lowest BCUT2D eigenvalue weighted by Gasteiger charge is -1.99. The lowest BCUT2D eigenvalue weighted by molar-refractivity contribution is -0.117. The third-order valence-corrected chi connectivity index (χ3v) is 4.49. The molecule has 0 radical (unpaired) electrons. The number of aryl methyl sites for hydroxylation is 1. The predicted octanol–water partition coefficient (Wildman–Crippen LogP) is 2.57. The zero-order valence-corrected chi connectivity index (χ0v) is 12.4. The second-order valence-electron chi connectivity index (χ2n) is 4.88. The number of hydrogen-bond donors (Lipinski definition) is 1. The van der Waals surface area contributed by atoms with Crippen molar-refractivity contribution in [2.45, 2.75) is 19.3 Å². The first-order valence-electron chi connectivity index (χ1n) is 6.50. The maximum absolute atomic E-state index is 12.1. The molecule has 0 aromatic carbocycles. The molecule has 2 heterocycles. The van der Waals surface area contributed by atoms with Crippen molar-refractivity contribution in [2.75, 3.05) is 12.4 Å². The number of nitrogens with one attached hydrogen (secondary N) is 1. The molecule has 6 nitrogen and oxygen atoms in total. The fourth-order valence-electron chi connectivity index (χ4n) is 2.23. The number of amides is 1. The molecule has 0 aliphatic heterocycles. The van der Waals surface area contributed by atoms with Gasteiger partial charge in [0.15, 0.2) is 5.13 Å². The molecule has 0 spiro atoms. The van der Waals surface area contributed by atoms with Crippen LogP contribution < -0.4 is 5.32 Å². The molecule has 110 valence electrons. The summed E-state index contributed by atoms with van der Waals surface area (Å²) in [5, 5.41) is 3.17. The second-order valence-corrected chi connectivity index (χ2v) is 5.88. The molecule has 2 atom stereocenters. The van der Waals surface area contributed by atoms with E-state index in [1.165, 1.54) is 7.11 Å². The van der Waals surface area contributed by atoms with Crippen LogP contribution in [0.5, 0.6) is 0 Å². The number of anilines is 1. The highest BCUT2D eigenvalue weighted by atomic mass is 32.1. The van der Waals surface area contributed by atoms with Crippen molar-refractivity contribution in [1.29, 1.82) is 0 Å². The number of rotatable bonds is 4. The quantitative estimate of drug-likeness (QED) is 0.878. The van der Waals surface area contributed by atoms with Gasteiger partial charge >= 0.3 is 5.97 Å². The monoisotopic (exact) mass is 306 g/mol. The topological polar surface area (TPSA) is 81.4 Å². The molecular weight excluding hydrogens is 292 g/mol. The van der Waals surface area contributed by atoms with Crippen molar-refractivity contribution in [1.82, 2.24) is 4.98 Å². The molecule has 3 rings (SSSR count). The summed E-state index contributed by atoms with van der Waals surface area (Å²) >= 11 is 1.12. The van der Waals surface area contributed by atoms with E-state index in [1.807, 2.05) is 12.1 Å². The van der Waals surface area contributed by atoms with Crippen molar-refractivity contribution in [3.8, 4) is 0 Å². The van der Waals surface area contributed by atoms with Gasteiger partial charge < -0.3 is 14.5 Å². The number of thiazole rings is 1. The number of esters is 1. The maximum Gasteiger partial charge on any atom is 0.350 e. The van der Waals surface area contributed by atoms with Crippen LogP contribution in [0.3, 0.4) is 0 Å². The Labute approximate surface area is 125 Å². The summed E-state index contributed by atoms with van der Waals surface area (Å²) in [6.45, 7) is 1.71. The SMILES string of the molecule is COC(=O)c1sc(NC(=O)[C@@H]2C[C@H]2c2ccco2)nc1C. The maximum atomic E-state index is 12.1. The Hall–Kier alpha value is -2.15. The Bertz CT molecular complexity index is 677. The van der Waals surface area contributed by atoms with E-state index in [-0.39, 0.29) is 17.7 Å². The summed E-state index contributed by atoms with van der Waals surface area (Å²) in [5.41, 5.74) is 0.556. The smallest absolute Gasteiger partial charge is 0.350 e. The standard InChI is InChI=1S/C14H14N2O4S/c1-7-11(13(18)19-2)21-14(15-7)16-12(17)9-6-8(9)10-4-3-5-20-10/h3-5,8-9H,6H2,1-2H3,(H,15,16,17)/t8-,9-/m1/s1.